The van der Waals surface area contributed by atoms with Crippen LogP contribution < -0.4 is 4.72 Å². The maximum absolute atomic E-state index is 12.6. The van der Waals surface area contributed by atoms with Crippen LogP contribution in [0.15, 0.2) is 47.5 Å². The first-order chi connectivity index (χ1) is 13.8. The molecule has 1 saturated carbocycles. The Kier molecular flexibility index (Phi) is 4.30. The van der Waals surface area contributed by atoms with E-state index in [1.807, 2.05) is 6.07 Å². The normalized spacial score (nSPS) is 21.6. The van der Waals surface area contributed by atoms with E-state index in [2.05, 4.69) is 20.8 Å². The Bertz CT molecular complexity index is 1290. The number of rotatable bonds is 5. The molecule has 2 aliphatic rings. The van der Waals surface area contributed by atoms with Crippen molar-refractivity contribution in [1.29, 1.82) is 0 Å². The molecule has 0 spiro atoms. The highest BCUT2D eigenvalue weighted by Crippen LogP contribution is 2.41. The van der Waals surface area contributed by atoms with Crippen molar-refractivity contribution in [3.05, 3.63) is 48.3 Å². The van der Waals surface area contributed by atoms with E-state index < -0.39 is 25.9 Å². The van der Waals surface area contributed by atoms with E-state index >= 15 is 0 Å². The van der Waals surface area contributed by atoms with Crippen molar-refractivity contribution in [2.45, 2.75) is 36.1 Å². The fourth-order valence-electron chi connectivity index (χ4n) is 3.90. The van der Waals surface area contributed by atoms with Gasteiger partial charge in [-0.1, -0.05) is 12.1 Å². The average molecular weight is 432 g/mol. The summed E-state index contributed by atoms with van der Waals surface area (Å²) in [7, 11) is -6.92. The lowest BCUT2D eigenvalue weighted by Crippen LogP contribution is -2.35. The van der Waals surface area contributed by atoms with Crippen LogP contribution >= 0.6 is 0 Å². The Labute approximate surface area is 169 Å². The lowest BCUT2D eigenvalue weighted by molar-refractivity contribution is 0.562. The van der Waals surface area contributed by atoms with Gasteiger partial charge in [-0.3, -0.25) is 0 Å². The third-order valence-electron chi connectivity index (χ3n) is 5.60. The number of nitrogens with one attached hydrogen (secondary N) is 2. The van der Waals surface area contributed by atoms with Gasteiger partial charge in [0, 0.05) is 23.3 Å². The molecular weight excluding hydrogens is 410 g/mol. The van der Waals surface area contributed by atoms with Gasteiger partial charge >= 0.3 is 0 Å². The van der Waals surface area contributed by atoms with Crippen LogP contribution in [0.2, 0.25) is 0 Å². The zero-order valence-corrected chi connectivity index (χ0v) is 17.3. The van der Waals surface area contributed by atoms with Gasteiger partial charge in [-0.15, -0.1) is 0 Å². The highest BCUT2D eigenvalue weighted by Gasteiger charge is 2.31. The molecule has 152 valence electrons. The molecule has 2 N–H and O–H groups in total. The Hall–Kier alpha value is -2.23. The largest absolute Gasteiger partial charge is 0.343 e. The van der Waals surface area contributed by atoms with Gasteiger partial charge < -0.3 is 4.98 Å². The molecule has 1 unspecified atom stereocenters. The van der Waals surface area contributed by atoms with Crippen molar-refractivity contribution in [2.24, 2.45) is 0 Å². The van der Waals surface area contributed by atoms with Gasteiger partial charge in [0.05, 0.1) is 16.4 Å². The van der Waals surface area contributed by atoms with Gasteiger partial charge in [0.2, 0.25) is 10.0 Å². The van der Waals surface area contributed by atoms with E-state index in [-0.39, 0.29) is 16.4 Å². The van der Waals surface area contributed by atoms with Crippen LogP contribution in [0.4, 0.5) is 0 Å². The predicted molar refractivity (Wildman–Crippen MR) is 111 cm³/mol. The summed E-state index contributed by atoms with van der Waals surface area (Å²) in [6.45, 7) is 0. The topological polar surface area (TPSA) is 109 Å². The molecule has 2 aromatic heterocycles. The second-order valence-electron chi connectivity index (χ2n) is 7.87. The Morgan fingerprint density at radius 1 is 1.07 bits per heavy atom. The van der Waals surface area contributed by atoms with E-state index in [4.69, 9.17) is 0 Å². The van der Waals surface area contributed by atoms with Crippen molar-refractivity contribution in [2.75, 3.05) is 11.5 Å². The summed E-state index contributed by atoms with van der Waals surface area (Å²) in [6.07, 6.45) is 4.46. The molecule has 1 saturated heterocycles. The third kappa shape index (κ3) is 3.70. The van der Waals surface area contributed by atoms with Gasteiger partial charge in [-0.2, -0.15) is 0 Å². The van der Waals surface area contributed by atoms with Gasteiger partial charge in [-0.05, 0) is 60.6 Å². The Balaban J connectivity index is 1.42. The molecule has 2 fully saturated rings. The number of H-pyrrole nitrogens is 1. The number of aromatic nitrogens is 2. The molecule has 29 heavy (non-hydrogen) atoms. The summed E-state index contributed by atoms with van der Waals surface area (Å²) in [5.41, 5.74) is 3.94. The number of nitrogens with zero attached hydrogens (tertiary/aromatic N) is 1. The van der Waals surface area contributed by atoms with E-state index in [1.54, 1.807) is 30.5 Å². The van der Waals surface area contributed by atoms with Crippen LogP contribution in [-0.4, -0.2) is 44.4 Å². The second-order valence-corrected chi connectivity index (χ2v) is 11.8. The summed E-state index contributed by atoms with van der Waals surface area (Å²) in [5.74, 6) is 0.474. The lowest BCUT2D eigenvalue weighted by atomic mass is 10.0. The second kappa shape index (κ2) is 6.65. The molecule has 9 heteroatoms. The monoisotopic (exact) mass is 431 g/mol. The maximum atomic E-state index is 12.6. The van der Waals surface area contributed by atoms with E-state index in [0.717, 1.165) is 22.2 Å². The van der Waals surface area contributed by atoms with Crippen molar-refractivity contribution >= 4 is 30.9 Å². The summed E-state index contributed by atoms with van der Waals surface area (Å²) < 4.78 is 50.9. The van der Waals surface area contributed by atoms with Crippen molar-refractivity contribution in [1.82, 2.24) is 14.7 Å². The first kappa shape index (κ1) is 18.8. The lowest BCUT2D eigenvalue weighted by Gasteiger charge is -2.12. The van der Waals surface area contributed by atoms with E-state index in [1.165, 1.54) is 18.5 Å². The van der Waals surface area contributed by atoms with E-state index in [9.17, 15) is 16.8 Å². The van der Waals surface area contributed by atoms with E-state index in [0.29, 0.717) is 12.3 Å². The van der Waals surface area contributed by atoms with Gasteiger partial charge in [0.1, 0.15) is 5.65 Å². The molecule has 0 amide bonds. The minimum Gasteiger partial charge on any atom is -0.343 e. The highest BCUT2D eigenvalue weighted by molar-refractivity contribution is 7.92. The fourth-order valence-corrected chi connectivity index (χ4v) is 6.95. The average Bonchev–Trinajstić information content (AvgIpc) is 3.35. The number of pyridine rings is 1. The first-order valence-corrected chi connectivity index (χ1v) is 12.9. The van der Waals surface area contributed by atoms with Gasteiger partial charge in [0.25, 0.3) is 0 Å². The minimum atomic E-state index is -3.77. The molecule has 0 radical (unpaired) electrons. The van der Waals surface area contributed by atoms with Gasteiger partial charge in [-0.25, -0.2) is 26.5 Å². The number of aromatic amines is 1. The zero-order chi connectivity index (χ0) is 20.2. The highest BCUT2D eigenvalue weighted by atomic mass is 32.2. The summed E-state index contributed by atoms with van der Waals surface area (Å²) in [4.78, 5) is 7.93. The Morgan fingerprint density at radius 3 is 2.48 bits per heavy atom. The maximum Gasteiger partial charge on any atom is 0.240 e. The fraction of sp³-hybridized carbons (Fsp3) is 0.350. The van der Waals surface area contributed by atoms with Crippen LogP contribution in [0.3, 0.4) is 0 Å². The molecule has 1 atom stereocenters. The van der Waals surface area contributed by atoms with Crippen LogP contribution in [0.1, 0.15) is 30.9 Å². The Morgan fingerprint density at radius 2 is 1.83 bits per heavy atom. The minimum absolute atomic E-state index is 0.0245. The van der Waals surface area contributed by atoms with Crippen molar-refractivity contribution in [3.8, 4) is 11.1 Å². The molecule has 3 heterocycles. The van der Waals surface area contributed by atoms with Crippen LogP contribution in [0, 0.1) is 0 Å². The number of benzene rings is 1. The number of fused-ring (bicyclic) bond motifs is 1. The van der Waals surface area contributed by atoms with Crippen LogP contribution in [0.25, 0.3) is 22.2 Å². The molecule has 1 aliphatic heterocycles. The standard InChI is InChI=1S/C20H21N3O4S2/c24-28(25)10-8-15(12-28)23-29(26,27)16-5-3-13(4-6-16)17-7-9-21-20-18(17)11-19(22-20)14-1-2-14/h3-7,9,11,14-15,23H,1-2,8,10,12H2,(H,21,22). The molecule has 0 bridgehead atoms. The summed E-state index contributed by atoms with van der Waals surface area (Å²) >= 11 is 0. The molecule has 7 nitrogen and oxygen atoms in total. The molecule has 5 rings (SSSR count). The van der Waals surface area contributed by atoms with Crippen molar-refractivity contribution < 1.29 is 16.8 Å². The van der Waals surface area contributed by atoms with Crippen molar-refractivity contribution in [3.63, 3.8) is 0 Å². The zero-order valence-electron chi connectivity index (χ0n) is 15.6. The SMILES string of the molecule is O=S1(=O)CCC(NS(=O)(=O)c2ccc(-c3ccnc4[nH]c(C5CC5)cc34)cc2)C1. The predicted octanol–water partition coefficient (Wildman–Crippen LogP) is 2.57. The number of sulfonamides is 1. The van der Waals surface area contributed by atoms with Crippen LogP contribution in [0.5, 0.6) is 0 Å². The smallest absolute Gasteiger partial charge is 0.240 e. The summed E-state index contributed by atoms with van der Waals surface area (Å²) in [6, 6.07) is 10.2. The third-order valence-corrected chi connectivity index (χ3v) is 8.90. The number of hydrogen-bond acceptors (Lipinski definition) is 5. The number of sulfone groups is 1. The van der Waals surface area contributed by atoms with Crippen LogP contribution in [-0.2, 0) is 19.9 Å². The molecule has 1 aromatic carbocycles. The molecule has 3 aromatic rings. The summed E-state index contributed by atoms with van der Waals surface area (Å²) in [5, 5.41) is 1.03. The van der Waals surface area contributed by atoms with Gasteiger partial charge in [0.15, 0.2) is 9.84 Å². The molecular formula is C20H21N3O4S2. The number of hydrogen-bond donors (Lipinski definition) is 2. The molecule has 1 aliphatic carbocycles. The first-order valence-electron chi connectivity index (χ1n) is 9.62. The quantitative estimate of drug-likeness (QED) is 0.645.